The largest absolute Gasteiger partial charge is 0.381 e. The number of nitrogens with one attached hydrogen (secondary N) is 1. The molecule has 1 nitrogen and oxygen atoms in total. The maximum atomic E-state index is 5.95. The highest BCUT2D eigenvalue weighted by atomic mass is 35.5. The molecular weight excluding hydrogens is 253 g/mol. The summed E-state index contributed by atoms with van der Waals surface area (Å²) < 4.78 is 0. The van der Waals surface area contributed by atoms with E-state index in [0.29, 0.717) is 16.6 Å². The van der Waals surface area contributed by atoms with Crippen molar-refractivity contribution in [3.05, 3.63) is 70.6 Å². The van der Waals surface area contributed by atoms with Gasteiger partial charge in [-0.05, 0) is 36.2 Å². The van der Waals surface area contributed by atoms with Crippen LogP contribution in [0.1, 0.15) is 11.1 Å². The first-order chi connectivity index (χ1) is 8.16. The summed E-state index contributed by atoms with van der Waals surface area (Å²) in [5, 5.41) is 4.47. The van der Waals surface area contributed by atoms with E-state index in [1.807, 2.05) is 36.4 Å². The minimum absolute atomic E-state index is 0.577. The molecule has 0 heterocycles. The molecule has 0 atom stereocenters. The van der Waals surface area contributed by atoms with Crippen molar-refractivity contribution in [3.63, 3.8) is 0 Å². The summed E-state index contributed by atoms with van der Waals surface area (Å²) in [5.74, 6) is 0. The molecule has 0 unspecified atom stereocenters. The number of para-hydroxylation sites is 1. The molecule has 3 heteroatoms. The first-order valence-corrected chi connectivity index (χ1v) is 6.01. The van der Waals surface area contributed by atoms with Crippen molar-refractivity contribution in [1.29, 1.82) is 0 Å². The molecule has 0 saturated carbocycles. The van der Waals surface area contributed by atoms with E-state index in [9.17, 15) is 0 Å². The standard InChI is InChI=1S/C14H12Cl2N/c1-10-4-2-3-5-14(10)17-9-11-6-7-12(15)13(16)8-11/h2-8,17H,1,9H2. The van der Waals surface area contributed by atoms with Gasteiger partial charge < -0.3 is 5.32 Å². The van der Waals surface area contributed by atoms with Gasteiger partial charge in [-0.3, -0.25) is 0 Å². The van der Waals surface area contributed by atoms with Crippen LogP contribution in [0.5, 0.6) is 0 Å². The van der Waals surface area contributed by atoms with Crippen LogP contribution < -0.4 is 5.32 Å². The summed E-state index contributed by atoms with van der Waals surface area (Å²) in [6.45, 7) is 4.65. The van der Waals surface area contributed by atoms with Gasteiger partial charge in [-0.15, -0.1) is 0 Å². The van der Waals surface area contributed by atoms with Gasteiger partial charge in [0.25, 0.3) is 0 Å². The average Bonchev–Trinajstić information content (AvgIpc) is 2.32. The van der Waals surface area contributed by atoms with E-state index < -0.39 is 0 Å². The maximum Gasteiger partial charge on any atom is 0.0595 e. The fraction of sp³-hybridized carbons (Fsp3) is 0.0714. The second-order valence-corrected chi connectivity index (χ2v) is 4.57. The molecule has 1 radical (unpaired) electrons. The molecule has 0 aliphatic carbocycles. The fourth-order valence-electron chi connectivity index (χ4n) is 1.54. The van der Waals surface area contributed by atoms with E-state index in [0.717, 1.165) is 16.8 Å². The van der Waals surface area contributed by atoms with Crippen LogP contribution in [0.25, 0.3) is 0 Å². The van der Waals surface area contributed by atoms with Gasteiger partial charge in [0.05, 0.1) is 10.0 Å². The van der Waals surface area contributed by atoms with Crippen LogP contribution in [0.3, 0.4) is 0 Å². The van der Waals surface area contributed by atoms with Gasteiger partial charge in [0.15, 0.2) is 0 Å². The molecule has 17 heavy (non-hydrogen) atoms. The molecule has 2 aromatic carbocycles. The van der Waals surface area contributed by atoms with Crippen molar-refractivity contribution in [2.24, 2.45) is 0 Å². The number of rotatable bonds is 3. The van der Waals surface area contributed by atoms with E-state index in [-0.39, 0.29) is 0 Å². The van der Waals surface area contributed by atoms with E-state index in [4.69, 9.17) is 23.2 Å². The average molecular weight is 265 g/mol. The van der Waals surface area contributed by atoms with Crippen LogP contribution in [0, 0.1) is 6.92 Å². The minimum Gasteiger partial charge on any atom is -0.381 e. The molecule has 0 spiro atoms. The van der Waals surface area contributed by atoms with Crippen molar-refractivity contribution < 1.29 is 0 Å². The van der Waals surface area contributed by atoms with Gasteiger partial charge >= 0.3 is 0 Å². The Bertz CT molecular complexity index is 523. The van der Waals surface area contributed by atoms with Gasteiger partial charge in [-0.2, -0.15) is 0 Å². The van der Waals surface area contributed by atoms with Crippen LogP contribution in [0.15, 0.2) is 42.5 Å². The lowest BCUT2D eigenvalue weighted by atomic mass is 10.2. The van der Waals surface area contributed by atoms with E-state index in [2.05, 4.69) is 12.2 Å². The molecule has 0 aliphatic heterocycles. The highest BCUT2D eigenvalue weighted by Gasteiger charge is 2.00. The highest BCUT2D eigenvalue weighted by Crippen LogP contribution is 2.23. The third kappa shape index (κ3) is 3.15. The van der Waals surface area contributed by atoms with Gasteiger partial charge in [0.2, 0.25) is 0 Å². The van der Waals surface area contributed by atoms with E-state index in [1.165, 1.54) is 0 Å². The Balaban J connectivity index is 2.08. The number of halogens is 2. The van der Waals surface area contributed by atoms with Crippen LogP contribution >= 0.6 is 23.2 Å². The van der Waals surface area contributed by atoms with Gasteiger partial charge in [0.1, 0.15) is 0 Å². The Morgan fingerprint density at radius 2 is 1.76 bits per heavy atom. The summed E-state index contributed by atoms with van der Waals surface area (Å²) in [7, 11) is 0. The smallest absolute Gasteiger partial charge is 0.0595 e. The Hall–Kier alpha value is -1.18. The molecule has 2 aromatic rings. The number of benzene rings is 2. The maximum absolute atomic E-state index is 5.95. The van der Waals surface area contributed by atoms with Crippen molar-refractivity contribution in [2.45, 2.75) is 6.54 Å². The lowest BCUT2D eigenvalue weighted by Crippen LogP contribution is -2.00. The second kappa shape index (κ2) is 5.44. The summed E-state index contributed by atoms with van der Waals surface area (Å²) in [5.41, 5.74) is 3.09. The van der Waals surface area contributed by atoms with E-state index >= 15 is 0 Å². The molecule has 1 N–H and O–H groups in total. The normalized spacial score (nSPS) is 10.3. The molecule has 2 rings (SSSR count). The van der Waals surface area contributed by atoms with Gasteiger partial charge in [-0.1, -0.05) is 47.5 Å². The Labute approximate surface area is 111 Å². The summed E-state index contributed by atoms with van der Waals surface area (Å²) in [6, 6.07) is 13.5. The molecule has 0 aromatic heterocycles. The predicted molar refractivity (Wildman–Crippen MR) is 74.7 cm³/mol. The monoisotopic (exact) mass is 264 g/mol. The van der Waals surface area contributed by atoms with Crippen LogP contribution in [0.2, 0.25) is 10.0 Å². The second-order valence-electron chi connectivity index (χ2n) is 3.76. The van der Waals surface area contributed by atoms with Crippen molar-refractivity contribution >= 4 is 28.9 Å². The number of hydrogen-bond acceptors (Lipinski definition) is 1. The van der Waals surface area contributed by atoms with Crippen molar-refractivity contribution in [3.8, 4) is 0 Å². The number of anilines is 1. The Morgan fingerprint density at radius 3 is 2.47 bits per heavy atom. The van der Waals surface area contributed by atoms with Crippen LogP contribution in [-0.4, -0.2) is 0 Å². The topological polar surface area (TPSA) is 12.0 Å². The van der Waals surface area contributed by atoms with Crippen molar-refractivity contribution in [2.75, 3.05) is 5.32 Å². The molecular formula is C14H12Cl2N. The van der Waals surface area contributed by atoms with Crippen LogP contribution in [-0.2, 0) is 6.54 Å². The Morgan fingerprint density at radius 1 is 1.00 bits per heavy atom. The summed E-state index contributed by atoms with van der Waals surface area (Å²) in [4.78, 5) is 0. The fourth-order valence-corrected chi connectivity index (χ4v) is 1.86. The SMILES string of the molecule is [CH2]c1ccccc1NCc1ccc(Cl)c(Cl)c1. The predicted octanol–water partition coefficient (Wildman–Crippen LogP) is 4.79. The van der Waals surface area contributed by atoms with Crippen LogP contribution in [0.4, 0.5) is 5.69 Å². The molecule has 0 fully saturated rings. The quantitative estimate of drug-likeness (QED) is 0.841. The lowest BCUT2D eigenvalue weighted by Gasteiger charge is -2.09. The summed E-state index contributed by atoms with van der Waals surface area (Å²) >= 11 is 11.8. The molecule has 0 amide bonds. The zero-order chi connectivity index (χ0) is 12.3. The Kier molecular flexibility index (Phi) is 3.93. The summed E-state index contributed by atoms with van der Waals surface area (Å²) in [6.07, 6.45) is 0. The zero-order valence-corrected chi connectivity index (χ0v) is 10.7. The third-order valence-corrected chi connectivity index (χ3v) is 3.22. The molecule has 0 aliphatic rings. The van der Waals surface area contributed by atoms with Crippen molar-refractivity contribution in [1.82, 2.24) is 0 Å². The number of hydrogen-bond donors (Lipinski definition) is 1. The molecule has 0 bridgehead atoms. The first-order valence-electron chi connectivity index (χ1n) is 5.25. The van der Waals surface area contributed by atoms with Gasteiger partial charge in [0, 0.05) is 12.2 Å². The van der Waals surface area contributed by atoms with Gasteiger partial charge in [-0.25, -0.2) is 0 Å². The molecule has 87 valence electrons. The highest BCUT2D eigenvalue weighted by molar-refractivity contribution is 6.42. The minimum atomic E-state index is 0.577. The first kappa shape index (κ1) is 12.3. The lowest BCUT2D eigenvalue weighted by molar-refractivity contribution is 1.15. The van der Waals surface area contributed by atoms with E-state index in [1.54, 1.807) is 6.07 Å². The molecule has 0 saturated heterocycles. The third-order valence-electron chi connectivity index (χ3n) is 2.48. The zero-order valence-electron chi connectivity index (χ0n) is 9.21.